The second kappa shape index (κ2) is 5.76. The van der Waals surface area contributed by atoms with Crippen LogP contribution in [0, 0.1) is 27.3 Å². The molecule has 21 heavy (non-hydrogen) atoms. The predicted molar refractivity (Wildman–Crippen MR) is 70.9 cm³/mol. The lowest BCUT2D eigenvalue weighted by Crippen LogP contribution is -2.13. The van der Waals surface area contributed by atoms with Crippen LogP contribution in [0.5, 0.6) is 0 Å². The SMILES string of the molecule is N#Cc1c(F)cccc1Nc1ncnc(NN)c1[N+](=O)[O-]. The van der Waals surface area contributed by atoms with Crippen LogP contribution >= 0.6 is 0 Å². The van der Waals surface area contributed by atoms with Gasteiger partial charge in [-0.15, -0.1) is 0 Å². The second-order valence-electron chi connectivity index (χ2n) is 3.72. The summed E-state index contributed by atoms with van der Waals surface area (Å²) >= 11 is 0. The highest BCUT2D eigenvalue weighted by Gasteiger charge is 2.23. The molecule has 9 nitrogen and oxygen atoms in total. The van der Waals surface area contributed by atoms with Crippen molar-refractivity contribution >= 4 is 23.0 Å². The Morgan fingerprint density at radius 2 is 2.10 bits per heavy atom. The van der Waals surface area contributed by atoms with Crippen LogP contribution < -0.4 is 16.6 Å². The van der Waals surface area contributed by atoms with Gasteiger partial charge in [0.05, 0.1) is 10.6 Å². The first-order chi connectivity index (χ1) is 10.1. The second-order valence-corrected chi connectivity index (χ2v) is 3.72. The summed E-state index contributed by atoms with van der Waals surface area (Å²) in [5, 5.41) is 22.5. The maximum atomic E-state index is 13.5. The van der Waals surface area contributed by atoms with Crippen LogP contribution in [0.15, 0.2) is 24.5 Å². The summed E-state index contributed by atoms with van der Waals surface area (Å²) in [5.41, 5.74) is 1.31. The Kier molecular flexibility index (Phi) is 3.87. The Balaban J connectivity index is 2.53. The van der Waals surface area contributed by atoms with Crippen molar-refractivity contribution in [2.75, 3.05) is 10.7 Å². The van der Waals surface area contributed by atoms with E-state index in [1.807, 2.05) is 0 Å². The molecule has 0 unspecified atom stereocenters. The van der Waals surface area contributed by atoms with Crippen molar-refractivity contribution in [1.29, 1.82) is 5.26 Å². The molecule has 0 bridgehead atoms. The minimum atomic E-state index is -0.753. The third-order valence-corrected chi connectivity index (χ3v) is 2.52. The Morgan fingerprint density at radius 1 is 1.38 bits per heavy atom. The smallest absolute Gasteiger partial charge is 0.333 e. The fraction of sp³-hybridized carbons (Fsp3) is 0. The van der Waals surface area contributed by atoms with Crippen LogP contribution in [0.3, 0.4) is 0 Å². The standard InChI is InChI=1S/C11H8FN7O2/c12-7-2-1-3-8(6(7)4-13)17-10-9(19(20)21)11(18-14)16-5-15-10/h1-3,5H,14H2,(H2,15,16,17,18). The van der Waals surface area contributed by atoms with Crippen molar-refractivity contribution in [3.05, 3.63) is 46.0 Å². The van der Waals surface area contributed by atoms with Crippen LogP contribution in [0.2, 0.25) is 0 Å². The zero-order chi connectivity index (χ0) is 15.4. The number of hydrazine groups is 1. The lowest BCUT2D eigenvalue weighted by molar-refractivity contribution is -0.383. The van der Waals surface area contributed by atoms with E-state index in [0.29, 0.717) is 0 Å². The van der Waals surface area contributed by atoms with E-state index in [0.717, 1.165) is 12.4 Å². The van der Waals surface area contributed by atoms with E-state index in [9.17, 15) is 14.5 Å². The van der Waals surface area contributed by atoms with Crippen LogP contribution in [0.4, 0.5) is 27.4 Å². The van der Waals surface area contributed by atoms with Crippen molar-refractivity contribution in [2.45, 2.75) is 0 Å². The van der Waals surface area contributed by atoms with E-state index in [1.165, 1.54) is 12.1 Å². The average Bonchev–Trinajstić information content (AvgIpc) is 2.47. The van der Waals surface area contributed by atoms with Gasteiger partial charge in [0.1, 0.15) is 23.8 Å². The van der Waals surface area contributed by atoms with E-state index >= 15 is 0 Å². The van der Waals surface area contributed by atoms with Gasteiger partial charge in [-0.25, -0.2) is 20.2 Å². The molecule has 2 rings (SSSR count). The first kappa shape index (κ1) is 14.1. The number of nitrogens with two attached hydrogens (primary N) is 1. The quantitative estimate of drug-likeness (QED) is 0.435. The van der Waals surface area contributed by atoms with Crippen LogP contribution in [0.25, 0.3) is 0 Å². The summed E-state index contributed by atoms with van der Waals surface area (Å²) in [7, 11) is 0. The molecule has 0 aliphatic carbocycles. The fourth-order valence-corrected chi connectivity index (χ4v) is 1.62. The van der Waals surface area contributed by atoms with E-state index < -0.39 is 16.4 Å². The van der Waals surface area contributed by atoms with E-state index in [4.69, 9.17) is 11.1 Å². The molecule has 0 saturated heterocycles. The highest BCUT2D eigenvalue weighted by molar-refractivity contribution is 5.75. The van der Waals surface area contributed by atoms with Gasteiger partial charge in [0.25, 0.3) is 0 Å². The normalized spacial score (nSPS) is 9.76. The van der Waals surface area contributed by atoms with Gasteiger partial charge in [0.2, 0.25) is 11.6 Å². The minimum absolute atomic E-state index is 0.0438. The third-order valence-electron chi connectivity index (χ3n) is 2.52. The van der Waals surface area contributed by atoms with Gasteiger partial charge in [0, 0.05) is 0 Å². The summed E-state index contributed by atoms with van der Waals surface area (Å²) in [6, 6.07) is 5.52. The van der Waals surface area contributed by atoms with Crippen LogP contribution in [-0.2, 0) is 0 Å². The molecule has 0 fully saturated rings. The Morgan fingerprint density at radius 3 is 2.71 bits per heavy atom. The number of nitrogens with one attached hydrogen (secondary N) is 2. The van der Waals surface area contributed by atoms with E-state index in [-0.39, 0.29) is 22.9 Å². The number of nitrogens with zero attached hydrogens (tertiary/aromatic N) is 4. The molecule has 10 heteroatoms. The fourth-order valence-electron chi connectivity index (χ4n) is 1.62. The molecular weight excluding hydrogens is 281 g/mol. The van der Waals surface area contributed by atoms with E-state index in [1.54, 1.807) is 6.07 Å². The number of hydrogen-bond acceptors (Lipinski definition) is 8. The highest BCUT2D eigenvalue weighted by atomic mass is 19.1. The summed E-state index contributed by atoms with van der Waals surface area (Å²) in [5.74, 6) is 3.96. The number of aromatic nitrogens is 2. The predicted octanol–water partition coefficient (Wildman–Crippen LogP) is 1.42. The lowest BCUT2D eigenvalue weighted by atomic mass is 10.2. The summed E-state index contributed by atoms with van der Waals surface area (Å²) < 4.78 is 13.5. The van der Waals surface area contributed by atoms with Crippen molar-refractivity contribution in [3.8, 4) is 6.07 Å². The van der Waals surface area contributed by atoms with Gasteiger partial charge in [-0.3, -0.25) is 10.1 Å². The number of halogens is 1. The Labute approximate surface area is 117 Å². The van der Waals surface area contributed by atoms with Crippen molar-refractivity contribution < 1.29 is 9.31 Å². The van der Waals surface area contributed by atoms with Gasteiger partial charge in [-0.1, -0.05) is 6.07 Å². The first-order valence-corrected chi connectivity index (χ1v) is 5.50. The monoisotopic (exact) mass is 289 g/mol. The molecule has 2 aromatic rings. The molecule has 0 atom stereocenters. The van der Waals surface area contributed by atoms with Crippen molar-refractivity contribution in [2.24, 2.45) is 5.84 Å². The lowest BCUT2D eigenvalue weighted by Gasteiger charge is -2.09. The number of hydrogen-bond donors (Lipinski definition) is 3. The summed E-state index contributed by atoms with van der Waals surface area (Å²) in [6.45, 7) is 0. The summed E-state index contributed by atoms with van der Waals surface area (Å²) in [6.07, 6.45) is 1.04. The van der Waals surface area contributed by atoms with Gasteiger partial charge >= 0.3 is 5.69 Å². The van der Waals surface area contributed by atoms with Crippen molar-refractivity contribution in [1.82, 2.24) is 9.97 Å². The summed E-state index contributed by atoms with van der Waals surface area (Å²) in [4.78, 5) is 17.6. The number of rotatable bonds is 4. The molecule has 106 valence electrons. The molecule has 0 aliphatic rings. The average molecular weight is 289 g/mol. The number of nitro groups is 1. The van der Waals surface area contributed by atoms with Crippen LogP contribution in [0.1, 0.15) is 5.56 Å². The molecule has 1 aromatic heterocycles. The van der Waals surface area contributed by atoms with Gasteiger partial charge in [-0.2, -0.15) is 5.26 Å². The van der Waals surface area contributed by atoms with Gasteiger partial charge in [-0.05, 0) is 12.1 Å². The number of benzene rings is 1. The number of nitriles is 1. The third kappa shape index (κ3) is 2.67. The Hall–Kier alpha value is -3.32. The molecule has 1 heterocycles. The molecule has 0 aliphatic heterocycles. The van der Waals surface area contributed by atoms with Crippen molar-refractivity contribution in [3.63, 3.8) is 0 Å². The highest BCUT2D eigenvalue weighted by Crippen LogP contribution is 2.31. The maximum absolute atomic E-state index is 13.5. The molecular formula is C11H8FN7O2. The van der Waals surface area contributed by atoms with E-state index in [2.05, 4.69) is 20.7 Å². The van der Waals surface area contributed by atoms with Gasteiger partial charge in [0.15, 0.2) is 0 Å². The first-order valence-electron chi connectivity index (χ1n) is 5.50. The van der Waals surface area contributed by atoms with Gasteiger partial charge < -0.3 is 10.7 Å². The molecule has 0 spiro atoms. The largest absolute Gasteiger partial charge is 0.354 e. The molecule has 0 saturated carbocycles. The Bertz CT molecular complexity index is 744. The number of anilines is 3. The zero-order valence-electron chi connectivity index (χ0n) is 10.4. The number of nitrogen functional groups attached to an aromatic ring is 1. The topological polar surface area (TPSA) is 143 Å². The zero-order valence-corrected chi connectivity index (χ0v) is 10.4. The molecule has 1 aromatic carbocycles. The minimum Gasteiger partial charge on any atom is -0.333 e. The molecule has 0 amide bonds. The molecule has 0 radical (unpaired) electrons. The van der Waals surface area contributed by atoms with Crippen LogP contribution in [-0.4, -0.2) is 14.9 Å². The maximum Gasteiger partial charge on any atom is 0.354 e. The molecule has 4 N–H and O–H groups in total.